The van der Waals surface area contributed by atoms with Crippen LogP contribution in [0.2, 0.25) is 0 Å². The van der Waals surface area contributed by atoms with Gasteiger partial charge in [0, 0.05) is 30.6 Å². The summed E-state index contributed by atoms with van der Waals surface area (Å²) >= 11 is 1.24. The molecule has 0 aliphatic carbocycles. The molecular weight excluding hydrogens is 352 g/mol. The third-order valence-corrected chi connectivity index (χ3v) is 5.51. The maximum Gasteiger partial charge on any atom is 0.251 e. The number of amides is 2. The highest BCUT2D eigenvalue weighted by atomic mass is 32.1. The SMILES string of the molecule is CC(=O)Nc1ncc(Oc2ccc(C(=O)N[C@@H]3C[C@H]4CC[C@@H]3N4)cc2)s1. The number of benzene rings is 1. The number of ether oxygens (including phenoxy) is 1. The molecule has 0 spiro atoms. The Morgan fingerprint density at radius 2 is 2.08 bits per heavy atom. The molecule has 3 atom stereocenters. The summed E-state index contributed by atoms with van der Waals surface area (Å²) in [6, 6.07) is 8.21. The highest BCUT2D eigenvalue weighted by molar-refractivity contribution is 7.17. The van der Waals surface area contributed by atoms with Crippen LogP contribution in [-0.2, 0) is 4.79 Å². The molecule has 2 bridgehead atoms. The van der Waals surface area contributed by atoms with Crippen molar-refractivity contribution in [3.8, 4) is 10.8 Å². The van der Waals surface area contributed by atoms with Gasteiger partial charge >= 0.3 is 0 Å². The fraction of sp³-hybridized carbons (Fsp3) is 0.389. The van der Waals surface area contributed by atoms with Gasteiger partial charge in [-0.3, -0.25) is 9.59 Å². The lowest BCUT2D eigenvalue weighted by Crippen LogP contribution is -2.42. The summed E-state index contributed by atoms with van der Waals surface area (Å²) < 4.78 is 5.71. The van der Waals surface area contributed by atoms with Gasteiger partial charge < -0.3 is 20.7 Å². The highest BCUT2D eigenvalue weighted by Gasteiger charge is 2.39. The first-order valence-corrected chi connectivity index (χ1v) is 9.47. The van der Waals surface area contributed by atoms with Crippen molar-refractivity contribution < 1.29 is 14.3 Å². The predicted molar refractivity (Wildman–Crippen MR) is 98.8 cm³/mol. The highest BCUT2D eigenvalue weighted by Crippen LogP contribution is 2.31. The van der Waals surface area contributed by atoms with Crippen molar-refractivity contribution in [2.75, 3.05) is 5.32 Å². The van der Waals surface area contributed by atoms with Crippen molar-refractivity contribution in [1.82, 2.24) is 15.6 Å². The topological polar surface area (TPSA) is 92.3 Å². The lowest BCUT2D eigenvalue weighted by molar-refractivity contribution is -0.114. The molecule has 2 aromatic rings. The number of nitrogens with zero attached hydrogens (tertiary/aromatic N) is 1. The summed E-state index contributed by atoms with van der Waals surface area (Å²) in [6.07, 6.45) is 4.92. The normalized spacial score (nSPS) is 23.7. The summed E-state index contributed by atoms with van der Waals surface area (Å²) in [5.74, 6) is 0.384. The second kappa shape index (κ2) is 7.05. The minimum Gasteiger partial charge on any atom is -0.445 e. The number of carbonyl (C=O) groups is 2. The Morgan fingerprint density at radius 3 is 2.73 bits per heavy atom. The van der Waals surface area contributed by atoms with Gasteiger partial charge in [-0.15, -0.1) is 0 Å². The van der Waals surface area contributed by atoms with Crippen molar-refractivity contribution in [2.24, 2.45) is 0 Å². The lowest BCUT2D eigenvalue weighted by atomic mass is 9.95. The van der Waals surface area contributed by atoms with E-state index >= 15 is 0 Å². The Bertz CT molecular complexity index is 820. The molecule has 3 N–H and O–H groups in total. The molecular formula is C18H20N4O3S. The molecule has 7 nitrogen and oxygen atoms in total. The first kappa shape index (κ1) is 17.0. The van der Waals surface area contributed by atoms with Crippen molar-refractivity contribution >= 4 is 28.3 Å². The van der Waals surface area contributed by atoms with E-state index in [1.165, 1.54) is 24.7 Å². The van der Waals surface area contributed by atoms with Gasteiger partial charge in [0.25, 0.3) is 5.91 Å². The number of hydrogen-bond acceptors (Lipinski definition) is 6. The molecule has 0 radical (unpaired) electrons. The molecule has 2 amide bonds. The van der Waals surface area contributed by atoms with Crippen molar-refractivity contribution in [2.45, 2.75) is 44.3 Å². The Kier molecular flexibility index (Phi) is 4.60. The molecule has 2 fully saturated rings. The first-order chi connectivity index (χ1) is 12.6. The van der Waals surface area contributed by atoms with Crippen LogP contribution in [0.5, 0.6) is 10.8 Å². The Balaban J connectivity index is 1.35. The molecule has 1 aromatic heterocycles. The van der Waals surface area contributed by atoms with E-state index in [1.807, 2.05) is 0 Å². The van der Waals surface area contributed by atoms with Gasteiger partial charge in [-0.1, -0.05) is 11.3 Å². The van der Waals surface area contributed by atoms with E-state index in [2.05, 4.69) is 20.9 Å². The van der Waals surface area contributed by atoms with E-state index < -0.39 is 0 Å². The van der Waals surface area contributed by atoms with Crippen LogP contribution in [0.15, 0.2) is 30.5 Å². The van der Waals surface area contributed by atoms with E-state index in [4.69, 9.17) is 4.74 Å². The minimum absolute atomic E-state index is 0.0540. The van der Waals surface area contributed by atoms with Crippen molar-refractivity contribution in [1.29, 1.82) is 0 Å². The van der Waals surface area contributed by atoms with E-state index in [0.717, 1.165) is 12.8 Å². The number of aromatic nitrogens is 1. The number of fused-ring (bicyclic) bond motifs is 2. The van der Waals surface area contributed by atoms with Gasteiger partial charge in [-0.2, -0.15) is 0 Å². The van der Waals surface area contributed by atoms with Crippen molar-refractivity contribution in [3.63, 3.8) is 0 Å². The van der Waals surface area contributed by atoms with Gasteiger partial charge in [0.15, 0.2) is 5.13 Å². The molecule has 3 heterocycles. The summed E-state index contributed by atoms with van der Waals surface area (Å²) in [6.45, 7) is 1.43. The number of hydrogen-bond donors (Lipinski definition) is 3. The van der Waals surface area contributed by atoms with Crippen molar-refractivity contribution in [3.05, 3.63) is 36.0 Å². The maximum absolute atomic E-state index is 12.4. The summed E-state index contributed by atoms with van der Waals surface area (Å²) in [4.78, 5) is 27.5. The second-order valence-electron chi connectivity index (χ2n) is 6.66. The van der Waals surface area contributed by atoms with Gasteiger partial charge in [0.2, 0.25) is 11.0 Å². The number of thiazole rings is 1. The van der Waals surface area contributed by atoms with Gasteiger partial charge in [0.05, 0.1) is 6.20 Å². The minimum atomic E-state index is -0.174. The van der Waals surface area contributed by atoms with E-state index in [9.17, 15) is 9.59 Å². The predicted octanol–water partition coefficient (Wildman–Crippen LogP) is 2.52. The second-order valence-corrected chi connectivity index (χ2v) is 7.65. The van der Waals surface area contributed by atoms with E-state index in [1.54, 1.807) is 30.5 Å². The molecule has 2 aliphatic rings. The first-order valence-electron chi connectivity index (χ1n) is 8.65. The third-order valence-electron chi connectivity index (χ3n) is 4.72. The van der Waals surface area contributed by atoms with Gasteiger partial charge in [-0.25, -0.2) is 4.98 Å². The summed E-state index contributed by atoms with van der Waals surface area (Å²) in [5.41, 5.74) is 0.614. The molecule has 0 unspecified atom stereocenters. The Hall–Kier alpha value is -2.45. The summed E-state index contributed by atoms with van der Waals surface area (Å²) in [7, 11) is 0. The average Bonchev–Trinajstić information content (AvgIpc) is 3.32. The number of anilines is 1. The van der Waals surface area contributed by atoms with E-state index in [0.29, 0.717) is 33.6 Å². The van der Waals surface area contributed by atoms with Crippen LogP contribution in [0.1, 0.15) is 36.5 Å². The monoisotopic (exact) mass is 372 g/mol. The summed E-state index contributed by atoms with van der Waals surface area (Å²) in [5, 5.41) is 10.3. The smallest absolute Gasteiger partial charge is 0.251 e. The van der Waals surface area contributed by atoms with Crippen LogP contribution >= 0.6 is 11.3 Å². The lowest BCUT2D eigenvalue weighted by Gasteiger charge is -2.21. The molecule has 0 saturated carbocycles. The molecule has 8 heteroatoms. The zero-order valence-corrected chi connectivity index (χ0v) is 15.1. The van der Waals surface area contributed by atoms with Gasteiger partial charge in [-0.05, 0) is 43.5 Å². The van der Waals surface area contributed by atoms with Crippen LogP contribution in [0.25, 0.3) is 0 Å². The number of rotatable bonds is 5. The molecule has 26 heavy (non-hydrogen) atoms. The van der Waals surface area contributed by atoms with Gasteiger partial charge in [0.1, 0.15) is 5.75 Å². The maximum atomic E-state index is 12.4. The fourth-order valence-corrected chi connectivity index (χ4v) is 4.27. The molecule has 4 rings (SSSR count). The molecule has 1 aromatic carbocycles. The largest absolute Gasteiger partial charge is 0.445 e. The van der Waals surface area contributed by atoms with Crippen LogP contribution in [0, 0.1) is 0 Å². The standard InChI is InChI=1S/C18H20N4O3S/c1-10(23)20-18-19-9-16(26-18)25-13-5-2-11(3-6-13)17(24)22-15-8-12-4-7-14(15)21-12/h2-3,5-6,9,12,14-15,21H,4,7-8H2,1H3,(H,22,24)(H,19,20,23)/t12-,14+,15-/m1/s1. The molecule has 136 valence electrons. The Morgan fingerprint density at radius 1 is 1.27 bits per heavy atom. The fourth-order valence-electron chi connectivity index (χ4n) is 3.54. The number of carbonyl (C=O) groups excluding carboxylic acids is 2. The average molecular weight is 372 g/mol. The van der Waals surface area contributed by atoms with E-state index in [-0.39, 0.29) is 17.9 Å². The van der Waals surface area contributed by atoms with Crippen LogP contribution in [0.4, 0.5) is 5.13 Å². The van der Waals surface area contributed by atoms with Crippen LogP contribution in [-0.4, -0.2) is 34.9 Å². The number of nitrogens with one attached hydrogen (secondary N) is 3. The molecule has 2 aliphatic heterocycles. The third kappa shape index (κ3) is 3.71. The molecule has 2 saturated heterocycles. The zero-order valence-electron chi connectivity index (χ0n) is 14.3. The Labute approximate surface area is 155 Å². The van der Waals surface area contributed by atoms with Crippen LogP contribution in [0.3, 0.4) is 0 Å². The van der Waals surface area contributed by atoms with Crippen LogP contribution < -0.4 is 20.7 Å². The quantitative estimate of drug-likeness (QED) is 0.750. The zero-order chi connectivity index (χ0) is 18.1.